The first-order chi connectivity index (χ1) is 4.31. The highest BCUT2D eigenvalue weighted by Gasteiger charge is 1.96. The van der Waals surface area contributed by atoms with Gasteiger partial charge in [0.25, 0.3) is 0 Å². The van der Waals surface area contributed by atoms with Gasteiger partial charge in [-0.2, -0.15) is 5.48 Å². The molecule has 0 aliphatic heterocycles. The molecule has 3 N–H and O–H groups in total. The molecule has 0 saturated carbocycles. The van der Waals surface area contributed by atoms with Crippen molar-refractivity contribution in [2.75, 3.05) is 6.61 Å². The van der Waals surface area contributed by atoms with Gasteiger partial charge in [0, 0.05) is 0 Å². The highest BCUT2D eigenvalue weighted by molar-refractivity contribution is 4.48. The molecule has 9 heavy (non-hydrogen) atoms. The van der Waals surface area contributed by atoms with E-state index in [4.69, 9.17) is 10.6 Å². The van der Waals surface area contributed by atoms with Crippen LogP contribution in [0.3, 0.4) is 0 Å². The zero-order chi connectivity index (χ0) is 7.11. The molecule has 1 atom stereocenters. The summed E-state index contributed by atoms with van der Waals surface area (Å²) in [4.78, 5) is 4.87. The van der Waals surface area contributed by atoms with Gasteiger partial charge >= 0.3 is 0 Å². The number of nitrogens with two attached hydrogens (primary N) is 1. The SMILES string of the molecule is CCCC(N)NOCC. The van der Waals surface area contributed by atoms with Gasteiger partial charge in [-0.15, -0.1) is 0 Å². The van der Waals surface area contributed by atoms with Crippen molar-refractivity contribution in [1.29, 1.82) is 0 Å². The number of hydrogen-bond acceptors (Lipinski definition) is 3. The van der Waals surface area contributed by atoms with Crippen LogP contribution >= 0.6 is 0 Å². The molecule has 0 aliphatic carbocycles. The van der Waals surface area contributed by atoms with Gasteiger partial charge in [-0.05, 0) is 13.3 Å². The van der Waals surface area contributed by atoms with E-state index in [2.05, 4.69) is 12.4 Å². The molecule has 1 unspecified atom stereocenters. The van der Waals surface area contributed by atoms with E-state index in [1.165, 1.54) is 0 Å². The van der Waals surface area contributed by atoms with Gasteiger partial charge in [-0.1, -0.05) is 13.3 Å². The molecule has 56 valence electrons. The molecule has 3 heteroatoms. The summed E-state index contributed by atoms with van der Waals surface area (Å²) < 4.78 is 0. The molecular formula is C6H16N2O. The third-order valence-corrected chi connectivity index (χ3v) is 0.979. The maximum Gasteiger partial charge on any atom is 0.0787 e. The van der Waals surface area contributed by atoms with Crippen molar-refractivity contribution in [3.8, 4) is 0 Å². The Morgan fingerprint density at radius 2 is 2.22 bits per heavy atom. The Morgan fingerprint density at radius 3 is 2.67 bits per heavy atom. The lowest BCUT2D eigenvalue weighted by atomic mass is 10.3. The van der Waals surface area contributed by atoms with Crippen molar-refractivity contribution in [3.05, 3.63) is 0 Å². The third-order valence-electron chi connectivity index (χ3n) is 0.979. The Morgan fingerprint density at radius 1 is 1.56 bits per heavy atom. The molecule has 3 nitrogen and oxygen atoms in total. The lowest BCUT2D eigenvalue weighted by Gasteiger charge is -2.10. The minimum Gasteiger partial charge on any atom is -0.314 e. The zero-order valence-electron chi connectivity index (χ0n) is 6.18. The second-order valence-corrected chi connectivity index (χ2v) is 1.95. The van der Waals surface area contributed by atoms with Crippen LogP contribution in [0.15, 0.2) is 0 Å². The molecule has 0 radical (unpaired) electrons. The summed E-state index contributed by atoms with van der Waals surface area (Å²) in [7, 11) is 0. The molecular weight excluding hydrogens is 116 g/mol. The van der Waals surface area contributed by atoms with Crippen LogP contribution in [0.25, 0.3) is 0 Å². The summed E-state index contributed by atoms with van der Waals surface area (Å²) in [5.41, 5.74) is 8.25. The highest BCUT2D eigenvalue weighted by atomic mass is 16.6. The van der Waals surface area contributed by atoms with Gasteiger partial charge < -0.3 is 10.6 Å². The molecule has 0 fully saturated rings. The number of nitrogens with one attached hydrogen (secondary N) is 1. The summed E-state index contributed by atoms with van der Waals surface area (Å²) in [6, 6.07) is 0. The Hall–Kier alpha value is -0.120. The van der Waals surface area contributed by atoms with Gasteiger partial charge in [0.05, 0.1) is 12.8 Å². The first-order valence-corrected chi connectivity index (χ1v) is 3.44. The monoisotopic (exact) mass is 132 g/mol. The molecule has 0 heterocycles. The maximum absolute atomic E-state index is 5.53. The lowest BCUT2D eigenvalue weighted by molar-refractivity contribution is 0.0238. The minimum atomic E-state index is -0.00468. The third kappa shape index (κ3) is 5.76. The average molecular weight is 132 g/mol. The molecule has 0 aromatic carbocycles. The van der Waals surface area contributed by atoms with E-state index in [1.54, 1.807) is 0 Å². The largest absolute Gasteiger partial charge is 0.314 e. The molecule has 0 bridgehead atoms. The Balaban J connectivity index is 2.95. The van der Waals surface area contributed by atoms with Crippen molar-refractivity contribution in [2.24, 2.45) is 5.73 Å². The summed E-state index contributed by atoms with van der Waals surface area (Å²) in [5.74, 6) is 0. The van der Waals surface area contributed by atoms with Crippen LogP contribution in [0.2, 0.25) is 0 Å². The highest BCUT2D eigenvalue weighted by Crippen LogP contribution is 1.87. The molecule has 0 aliphatic rings. The predicted molar refractivity (Wildman–Crippen MR) is 37.6 cm³/mol. The van der Waals surface area contributed by atoms with Crippen molar-refractivity contribution in [2.45, 2.75) is 32.9 Å². The molecule has 0 aromatic rings. The Labute approximate surface area is 56.5 Å². The molecule has 0 saturated heterocycles. The minimum absolute atomic E-state index is 0.00468. The molecule has 0 amide bonds. The van der Waals surface area contributed by atoms with Crippen LogP contribution in [0.5, 0.6) is 0 Å². The van der Waals surface area contributed by atoms with E-state index in [9.17, 15) is 0 Å². The van der Waals surface area contributed by atoms with Crippen LogP contribution in [0.1, 0.15) is 26.7 Å². The lowest BCUT2D eigenvalue weighted by Crippen LogP contribution is -2.36. The molecule has 0 aromatic heterocycles. The van der Waals surface area contributed by atoms with Crippen molar-refractivity contribution in [3.63, 3.8) is 0 Å². The Kier molecular flexibility index (Phi) is 5.93. The van der Waals surface area contributed by atoms with E-state index in [0.717, 1.165) is 12.8 Å². The normalized spacial score (nSPS) is 13.7. The summed E-state index contributed by atoms with van der Waals surface area (Å²) in [6.45, 7) is 4.68. The van der Waals surface area contributed by atoms with Gasteiger partial charge in [-0.3, -0.25) is 0 Å². The quantitative estimate of drug-likeness (QED) is 0.425. The topological polar surface area (TPSA) is 47.3 Å². The molecule has 0 spiro atoms. The van der Waals surface area contributed by atoms with Gasteiger partial charge in [0.2, 0.25) is 0 Å². The van der Waals surface area contributed by atoms with Crippen LogP contribution in [-0.4, -0.2) is 12.8 Å². The van der Waals surface area contributed by atoms with Gasteiger partial charge in [-0.25, -0.2) is 0 Å². The fourth-order valence-corrected chi connectivity index (χ4v) is 0.560. The van der Waals surface area contributed by atoms with Crippen molar-refractivity contribution < 1.29 is 4.84 Å². The number of rotatable bonds is 5. The summed E-state index contributed by atoms with van der Waals surface area (Å²) in [6.07, 6.45) is 2.04. The van der Waals surface area contributed by atoms with Gasteiger partial charge in [0.1, 0.15) is 0 Å². The average Bonchev–Trinajstić information content (AvgIpc) is 1.85. The van der Waals surface area contributed by atoms with E-state index in [0.29, 0.717) is 6.61 Å². The summed E-state index contributed by atoms with van der Waals surface area (Å²) in [5, 5.41) is 0. The number of hydrogen-bond donors (Lipinski definition) is 2. The van der Waals surface area contributed by atoms with E-state index in [-0.39, 0.29) is 6.17 Å². The predicted octanol–water partition coefficient (Wildman–Crippen LogP) is 0.612. The van der Waals surface area contributed by atoms with Crippen molar-refractivity contribution >= 4 is 0 Å². The molecule has 0 rings (SSSR count). The fourth-order valence-electron chi connectivity index (χ4n) is 0.560. The smallest absolute Gasteiger partial charge is 0.0787 e. The van der Waals surface area contributed by atoms with Crippen LogP contribution < -0.4 is 11.2 Å². The summed E-state index contributed by atoms with van der Waals surface area (Å²) >= 11 is 0. The van der Waals surface area contributed by atoms with Crippen molar-refractivity contribution in [1.82, 2.24) is 5.48 Å². The second-order valence-electron chi connectivity index (χ2n) is 1.95. The maximum atomic E-state index is 5.53. The Bertz CT molecular complexity index is 59.0. The van der Waals surface area contributed by atoms with Gasteiger partial charge in [0.15, 0.2) is 0 Å². The van der Waals surface area contributed by atoms with E-state index < -0.39 is 0 Å². The van der Waals surface area contributed by atoms with E-state index >= 15 is 0 Å². The van der Waals surface area contributed by atoms with Crippen LogP contribution in [0.4, 0.5) is 0 Å². The standard InChI is InChI=1S/C6H16N2O/c1-3-5-6(7)8-9-4-2/h6,8H,3-5,7H2,1-2H3. The van der Waals surface area contributed by atoms with E-state index in [1.807, 2.05) is 6.92 Å². The first-order valence-electron chi connectivity index (χ1n) is 3.44. The number of hydroxylamine groups is 1. The fraction of sp³-hybridized carbons (Fsp3) is 1.00. The zero-order valence-corrected chi connectivity index (χ0v) is 6.18. The first kappa shape index (κ1) is 8.88. The second kappa shape index (κ2) is 6.01. The van der Waals surface area contributed by atoms with Crippen LogP contribution in [-0.2, 0) is 4.84 Å². The van der Waals surface area contributed by atoms with Crippen LogP contribution in [0, 0.1) is 0 Å².